The average Bonchev–Trinajstić information content (AvgIpc) is 2.42. The molecule has 21 heavy (non-hydrogen) atoms. The van der Waals surface area contributed by atoms with E-state index >= 15 is 0 Å². The number of hydrogen-bond donors (Lipinski definition) is 1. The number of nitrogens with zero attached hydrogens (tertiary/aromatic N) is 2. The zero-order valence-corrected chi connectivity index (χ0v) is 13.6. The minimum atomic E-state index is 0.255. The number of anilines is 1. The maximum Gasteiger partial charge on any atom is 0.131 e. The van der Waals surface area contributed by atoms with Gasteiger partial charge in [-0.25, -0.2) is 4.98 Å². The normalized spacial score (nSPS) is 22.6. The van der Waals surface area contributed by atoms with Crippen molar-refractivity contribution >= 4 is 5.82 Å². The number of rotatable bonds is 6. The monoisotopic (exact) mass is 293 g/mol. The van der Waals surface area contributed by atoms with Crippen LogP contribution in [0.25, 0.3) is 0 Å². The lowest BCUT2D eigenvalue weighted by Gasteiger charge is -2.36. The number of aromatic nitrogens is 1. The van der Waals surface area contributed by atoms with E-state index in [1.807, 2.05) is 6.20 Å². The summed E-state index contributed by atoms with van der Waals surface area (Å²) < 4.78 is 10.8. The Morgan fingerprint density at radius 3 is 2.71 bits per heavy atom. The molecule has 2 atom stereocenters. The molecule has 1 aromatic rings. The molecule has 1 aliphatic heterocycles. The molecule has 1 aromatic heterocycles. The van der Waals surface area contributed by atoms with Crippen LogP contribution in [0.1, 0.15) is 25.0 Å². The molecular formula is C16H27N3O2. The van der Waals surface area contributed by atoms with E-state index in [1.165, 1.54) is 11.1 Å². The summed E-state index contributed by atoms with van der Waals surface area (Å²) in [5, 5.41) is 3.34. The van der Waals surface area contributed by atoms with Crippen LogP contribution in [0.5, 0.6) is 0 Å². The summed E-state index contributed by atoms with van der Waals surface area (Å²) in [6, 6.07) is 2.22. The van der Waals surface area contributed by atoms with Crippen molar-refractivity contribution in [1.82, 2.24) is 10.3 Å². The van der Waals surface area contributed by atoms with E-state index in [2.05, 4.69) is 42.0 Å². The first-order chi connectivity index (χ1) is 10.1. The number of nitrogens with one attached hydrogen (secondary N) is 1. The van der Waals surface area contributed by atoms with Gasteiger partial charge < -0.3 is 19.7 Å². The lowest BCUT2D eigenvalue weighted by Crippen LogP contribution is -2.46. The van der Waals surface area contributed by atoms with Crippen molar-refractivity contribution in [1.29, 1.82) is 0 Å². The van der Waals surface area contributed by atoms with Crippen molar-refractivity contribution in [3.8, 4) is 0 Å². The van der Waals surface area contributed by atoms with Crippen LogP contribution >= 0.6 is 0 Å². The Hall–Kier alpha value is -1.17. The predicted octanol–water partition coefficient (Wildman–Crippen LogP) is 1.74. The van der Waals surface area contributed by atoms with E-state index in [-0.39, 0.29) is 12.2 Å². The summed E-state index contributed by atoms with van der Waals surface area (Å²) in [4.78, 5) is 7.00. The second-order valence-corrected chi connectivity index (χ2v) is 5.82. The second kappa shape index (κ2) is 7.73. The van der Waals surface area contributed by atoms with E-state index in [4.69, 9.17) is 9.47 Å². The fourth-order valence-electron chi connectivity index (χ4n) is 2.81. The van der Waals surface area contributed by atoms with Gasteiger partial charge in [0.05, 0.1) is 18.8 Å². The van der Waals surface area contributed by atoms with Crippen LogP contribution in [0.15, 0.2) is 12.3 Å². The first kappa shape index (κ1) is 16.2. The lowest BCUT2D eigenvalue weighted by molar-refractivity contribution is -0.00549. The summed E-state index contributed by atoms with van der Waals surface area (Å²) in [6.45, 7) is 10.6. The highest BCUT2D eigenvalue weighted by Crippen LogP contribution is 2.22. The third kappa shape index (κ3) is 4.66. The van der Waals surface area contributed by atoms with Crippen LogP contribution in [0.4, 0.5) is 5.82 Å². The zero-order valence-electron chi connectivity index (χ0n) is 13.6. The Kier molecular flexibility index (Phi) is 5.96. The SMILES string of the molecule is COCCNCc1cnc(N2CC(C)OC(C)C2)c(C)c1. The summed E-state index contributed by atoms with van der Waals surface area (Å²) in [6.07, 6.45) is 2.48. The van der Waals surface area contributed by atoms with E-state index in [0.717, 1.165) is 38.6 Å². The Bertz CT molecular complexity index is 443. The summed E-state index contributed by atoms with van der Waals surface area (Å²) >= 11 is 0. The van der Waals surface area contributed by atoms with Gasteiger partial charge in [-0.05, 0) is 38.0 Å². The molecule has 0 spiro atoms. The second-order valence-electron chi connectivity index (χ2n) is 5.82. The number of morpholine rings is 1. The van der Waals surface area contributed by atoms with Gasteiger partial charge in [-0.2, -0.15) is 0 Å². The van der Waals surface area contributed by atoms with Crippen LogP contribution in [-0.4, -0.2) is 50.5 Å². The molecule has 2 heterocycles. The molecule has 1 aliphatic rings. The average molecular weight is 293 g/mol. The van der Waals surface area contributed by atoms with Crippen molar-refractivity contribution < 1.29 is 9.47 Å². The highest BCUT2D eigenvalue weighted by Gasteiger charge is 2.24. The number of methoxy groups -OCH3 is 1. The van der Waals surface area contributed by atoms with Gasteiger partial charge in [-0.3, -0.25) is 0 Å². The Morgan fingerprint density at radius 1 is 1.38 bits per heavy atom. The maximum atomic E-state index is 5.79. The summed E-state index contributed by atoms with van der Waals surface area (Å²) in [5.41, 5.74) is 2.43. The van der Waals surface area contributed by atoms with E-state index < -0.39 is 0 Å². The third-order valence-corrected chi connectivity index (χ3v) is 3.64. The molecule has 0 radical (unpaired) electrons. The molecular weight excluding hydrogens is 266 g/mol. The van der Waals surface area contributed by atoms with E-state index in [9.17, 15) is 0 Å². The Labute approximate surface area is 127 Å². The highest BCUT2D eigenvalue weighted by atomic mass is 16.5. The molecule has 1 saturated heterocycles. The molecule has 1 fully saturated rings. The van der Waals surface area contributed by atoms with Crippen LogP contribution in [0.2, 0.25) is 0 Å². The van der Waals surface area contributed by atoms with Crippen LogP contribution in [-0.2, 0) is 16.0 Å². The highest BCUT2D eigenvalue weighted by molar-refractivity contribution is 5.48. The molecule has 0 bridgehead atoms. The minimum absolute atomic E-state index is 0.255. The minimum Gasteiger partial charge on any atom is -0.383 e. The third-order valence-electron chi connectivity index (χ3n) is 3.64. The molecule has 2 unspecified atom stereocenters. The lowest BCUT2D eigenvalue weighted by atomic mass is 10.1. The van der Waals surface area contributed by atoms with Crippen LogP contribution < -0.4 is 10.2 Å². The molecule has 0 aromatic carbocycles. The largest absolute Gasteiger partial charge is 0.383 e. The number of hydrogen-bond acceptors (Lipinski definition) is 5. The smallest absolute Gasteiger partial charge is 0.131 e. The van der Waals surface area contributed by atoms with Crippen molar-refractivity contribution in [2.24, 2.45) is 0 Å². The van der Waals surface area contributed by atoms with Gasteiger partial charge in [0, 0.05) is 39.5 Å². The van der Waals surface area contributed by atoms with Gasteiger partial charge in [-0.15, -0.1) is 0 Å². The fourth-order valence-corrected chi connectivity index (χ4v) is 2.81. The van der Waals surface area contributed by atoms with E-state index in [0.29, 0.717) is 0 Å². The quantitative estimate of drug-likeness (QED) is 0.810. The maximum absolute atomic E-state index is 5.79. The first-order valence-electron chi connectivity index (χ1n) is 7.65. The molecule has 1 N–H and O–H groups in total. The van der Waals surface area contributed by atoms with Gasteiger partial charge in [0.2, 0.25) is 0 Å². The van der Waals surface area contributed by atoms with Gasteiger partial charge in [-0.1, -0.05) is 0 Å². The topological polar surface area (TPSA) is 46.6 Å². The first-order valence-corrected chi connectivity index (χ1v) is 7.65. The number of pyridine rings is 1. The summed E-state index contributed by atoms with van der Waals surface area (Å²) in [7, 11) is 1.71. The fraction of sp³-hybridized carbons (Fsp3) is 0.688. The van der Waals surface area contributed by atoms with Crippen molar-refractivity contribution in [3.63, 3.8) is 0 Å². The van der Waals surface area contributed by atoms with Crippen LogP contribution in [0.3, 0.4) is 0 Å². The molecule has 118 valence electrons. The Balaban J connectivity index is 1.98. The predicted molar refractivity (Wildman–Crippen MR) is 84.8 cm³/mol. The van der Waals surface area contributed by atoms with Crippen molar-refractivity contribution in [3.05, 3.63) is 23.4 Å². The Morgan fingerprint density at radius 2 is 2.10 bits per heavy atom. The van der Waals surface area contributed by atoms with Gasteiger partial charge in [0.25, 0.3) is 0 Å². The van der Waals surface area contributed by atoms with Crippen LogP contribution in [0, 0.1) is 6.92 Å². The van der Waals surface area contributed by atoms with Gasteiger partial charge in [0.1, 0.15) is 5.82 Å². The summed E-state index contributed by atoms with van der Waals surface area (Å²) in [5.74, 6) is 1.08. The number of aryl methyl sites for hydroxylation is 1. The van der Waals surface area contributed by atoms with Gasteiger partial charge >= 0.3 is 0 Å². The molecule has 0 amide bonds. The zero-order chi connectivity index (χ0) is 15.2. The molecule has 5 nitrogen and oxygen atoms in total. The molecule has 0 aliphatic carbocycles. The molecule has 2 rings (SSSR count). The molecule has 5 heteroatoms. The van der Waals surface area contributed by atoms with Crippen molar-refractivity contribution in [2.75, 3.05) is 38.3 Å². The standard InChI is InChI=1S/C16H27N3O2/c1-12-7-15(8-17-5-6-20-4)9-18-16(12)19-10-13(2)21-14(3)11-19/h7,9,13-14,17H,5-6,8,10-11H2,1-4H3. The number of ether oxygens (including phenoxy) is 2. The molecule has 0 saturated carbocycles. The van der Waals surface area contributed by atoms with Gasteiger partial charge in [0.15, 0.2) is 0 Å². The van der Waals surface area contributed by atoms with Crippen molar-refractivity contribution in [2.45, 2.75) is 39.5 Å². The van der Waals surface area contributed by atoms with E-state index in [1.54, 1.807) is 7.11 Å².